The molecule has 0 saturated heterocycles. The number of aromatic nitrogens is 4. The average molecular weight is 243 g/mol. The fourth-order valence-electron chi connectivity index (χ4n) is 1.10. The summed E-state index contributed by atoms with van der Waals surface area (Å²) in [7, 11) is 3.43. The fraction of sp³-hybridized carbons (Fsp3) is 0.286. The lowest BCUT2D eigenvalue weighted by Gasteiger charge is -1.99. The summed E-state index contributed by atoms with van der Waals surface area (Å²) in [6.45, 7) is 0. The molecule has 2 heterocycles. The van der Waals surface area contributed by atoms with E-state index < -0.39 is 0 Å². The first-order valence-electron chi connectivity index (χ1n) is 3.61. The number of methoxy groups -OCH3 is 1. The number of rotatable bonds is 1. The van der Waals surface area contributed by atoms with Gasteiger partial charge in [0.25, 0.3) is 0 Å². The predicted molar refractivity (Wildman–Crippen MR) is 50.6 cm³/mol. The molecule has 0 bridgehead atoms. The third-order valence-corrected chi connectivity index (χ3v) is 2.05. The maximum absolute atomic E-state index is 5.06. The highest BCUT2D eigenvalue weighted by Gasteiger charge is 2.10. The van der Waals surface area contributed by atoms with Gasteiger partial charge in [0.1, 0.15) is 0 Å². The molecular formula is C7H7BrN4O. The molecule has 0 aliphatic rings. The Balaban J connectivity index is 2.84. The first-order chi connectivity index (χ1) is 6.22. The summed E-state index contributed by atoms with van der Waals surface area (Å²) in [5.74, 6) is 0.484. The Morgan fingerprint density at radius 1 is 1.46 bits per heavy atom. The molecule has 0 aliphatic carbocycles. The van der Waals surface area contributed by atoms with Crippen LogP contribution in [0.25, 0.3) is 11.2 Å². The van der Waals surface area contributed by atoms with Crippen molar-refractivity contribution in [2.24, 2.45) is 7.05 Å². The summed E-state index contributed by atoms with van der Waals surface area (Å²) in [5, 5.41) is 0. The van der Waals surface area contributed by atoms with Crippen molar-refractivity contribution in [3.8, 4) is 5.88 Å². The highest BCUT2D eigenvalue weighted by molar-refractivity contribution is 9.10. The van der Waals surface area contributed by atoms with E-state index in [4.69, 9.17) is 4.74 Å². The van der Waals surface area contributed by atoms with Crippen molar-refractivity contribution in [3.05, 3.63) is 11.1 Å². The zero-order chi connectivity index (χ0) is 9.42. The number of imidazole rings is 1. The molecule has 6 heteroatoms. The topological polar surface area (TPSA) is 52.8 Å². The van der Waals surface area contributed by atoms with Gasteiger partial charge in [-0.25, -0.2) is 9.97 Å². The molecule has 0 atom stereocenters. The predicted octanol–water partition coefficient (Wildman–Crippen LogP) is 1.13. The summed E-state index contributed by atoms with van der Waals surface area (Å²) in [4.78, 5) is 12.3. The third kappa shape index (κ3) is 1.27. The van der Waals surface area contributed by atoms with E-state index in [2.05, 4.69) is 30.9 Å². The minimum atomic E-state index is 0.484. The quantitative estimate of drug-likeness (QED) is 0.704. The number of ether oxygens (including phenoxy) is 1. The second-order valence-corrected chi connectivity index (χ2v) is 3.24. The van der Waals surface area contributed by atoms with E-state index in [1.165, 1.54) is 0 Å². The van der Waals surface area contributed by atoms with Crippen LogP contribution in [0.1, 0.15) is 0 Å². The molecule has 5 nitrogen and oxygen atoms in total. The van der Waals surface area contributed by atoms with Gasteiger partial charge in [-0.05, 0) is 15.9 Å². The molecule has 0 aromatic carbocycles. The summed E-state index contributed by atoms with van der Waals surface area (Å²) >= 11 is 3.20. The standard InChI is InChI=1S/C7H7BrN4O/c1-12-3-9-4-5(12)10-7(8)11-6(4)13-2/h3H,1-2H3. The Morgan fingerprint density at radius 2 is 2.23 bits per heavy atom. The van der Waals surface area contributed by atoms with Crippen molar-refractivity contribution in [3.63, 3.8) is 0 Å². The maximum Gasteiger partial charge on any atom is 0.246 e. The summed E-state index contributed by atoms with van der Waals surface area (Å²) in [6.07, 6.45) is 1.67. The zero-order valence-corrected chi connectivity index (χ0v) is 8.74. The molecule has 0 amide bonds. The Labute approximate surface area is 82.9 Å². The second-order valence-electron chi connectivity index (χ2n) is 2.53. The molecule has 2 aromatic rings. The van der Waals surface area contributed by atoms with Crippen LogP contribution < -0.4 is 4.74 Å². The van der Waals surface area contributed by atoms with Gasteiger partial charge in [0, 0.05) is 7.05 Å². The highest BCUT2D eigenvalue weighted by atomic mass is 79.9. The number of nitrogens with zero attached hydrogens (tertiary/aromatic N) is 4. The minimum Gasteiger partial charge on any atom is -0.479 e. The molecule has 0 fully saturated rings. The van der Waals surface area contributed by atoms with E-state index >= 15 is 0 Å². The normalized spacial score (nSPS) is 10.7. The van der Waals surface area contributed by atoms with Crippen molar-refractivity contribution < 1.29 is 4.74 Å². The van der Waals surface area contributed by atoms with Gasteiger partial charge in [-0.3, -0.25) is 0 Å². The molecule has 0 saturated carbocycles. The first kappa shape index (κ1) is 8.43. The van der Waals surface area contributed by atoms with E-state index in [1.54, 1.807) is 13.4 Å². The maximum atomic E-state index is 5.06. The molecule has 0 unspecified atom stereocenters. The van der Waals surface area contributed by atoms with Gasteiger partial charge >= 0.3 is 0 Å². The minimum absolute atomic E-state index is 0.484. The van der Waals surface area contributed by atoms with Crippen molar-refractivity contribution >= 4 is 27.1 Å². The van der Waals surface area contributed by atoms with E-state index in [1.807, 2.05) is 11.6 Å². The molecule has 0 radical (unpaired) electrons. The highest BCUT2D eigenvalue weighted by Crippen LogP contribution is 2.21. The largest absolute Gasteiger partial charge is 0.479 e. The molecule has 68 valence electrons. The average Bonchev–Trinajstić information content (AvgIpc) is 2.47. The van der Waals surface area contributed by atoms with Crippen molar-refractivity contribution in [1.29, 1.82) is 0 Å². The number of hydrogen-bond donors (Lipinski definition) is 0. The van der Waals surface area contributed by atoms with Crippen LogP contribution in [0, 0.1) is 0 Å². The lowest BCUT2D eigenvalue weighted by molar-refractivity contribution is 0.400. The van der Waals surface area contributed by atoms with Gasteiger partial charge in [-0.1, -0.05) is 0 Å². The van der Waals surface area contributed by atoms with E-state index in [-0.39, 0.29) is 0 Å². The molecular weight excluding hydrogens is 236 g/mol. The van der Waals surface area contributed by atoms with Crippen molar-refractivity contribution in [2.75, 3.05) is 7.11 Å². The van der Waals surface area contributed by atoms with Crippen LogP contribution >= 0.6 is 15.9 Å². The monoisotopic (exact) mass is 242 g/mol. The van der Waals surface area contributed by atoms with Gasteiger partial charge in [0.05, 0.1) is 13.4 Å². The van der Waals surface area contributed by atoms with Crippen LogP contribution in [0.5, 0.6) is 5.88 Å². The number of halogens is 1. The van der Waals surface area contributed by atoms with Gasteiger partial charge in [-0.15, -0.1) is 0 Å². The number of fused-ring (bicyclic) bond motifs is 1. The second kappa shape index (κ2) is 2.95. The van der Waals surface area contributed by atoms with Crippen LogP contribution in [0.2, 0.25) is 0 Å². The molecule has 0 N–H and O–H groups in total. The summed E-state index contributed by atoms with van der Waals surface area (Å²) in [5.41, 5.74) is 1.42. The van der Waals surface area contributed by atoms with Gasteiger partial charge in [0.2, 0.25) is 10.6 Å². The van der Waals surface area contributed by atoms with E-state index in [0.717, 1.165) is 5.65 Å². The van der Waals surface area contributed by atoms with Crippen LogP contribution in [0.3, 0.4) is 0 Å². The van der Waals surface area contributed by atoms with Crippen LogP contribution in [0.15, 0.2) is 11.1 Å². The van der Waals surface area contributed by atoms with Crippen molar-refractivity contribution in [1.82, 2.24) is 19.5 Å². The zero-order valence-electron chi connectivity index (χ0n) is 7.15. The molecule has 0 spiro atoms. The van der Waals surface area contributed by atoms with Crippen LogP contribution in [-0.2, 0) is 7.05 Å². The molecule has 2 aromatic heterocycles. The Hall–Kier alpha value is -1.17. The number of hydrogen-bond acceptors (Lipinski definition) is 4. The van der Waals surface area contributed by atoms with Crippen LogP contribution in [0.4, 0.5) is 0 Å². The lowest BCUT2D eigenvalue weighted by atomic mass is 10.5. The first-order valence-corrected chi connectivity index (χ1v) is 4.40. The molecule has 2 rings (SSSR count). The number of aryl methyl sites for hydroxylation is 1. The Bertz CT molecular complexity index is 453. The van der Waals surface area contributed by atoms with E-state index in [0.29, 0.717) is 16.1 Å². The smallest absolute Gasteiger partial charge is 0.246 e. The van der Waals surface area contributed by atoms with Gasteiger partial charge in [0.15, 0.2) is 11.2 Å². The third-order valence-electron chi connectivity index (χ3n) is 1.69. The Morgan fingerprint density at radius 3 is 2.92 bits per heavy atom. The summed E-state index contributed by atoms with van der Waals surface area (Å²) < 4.78 is 7.37. The van der Waals surface area contributed by atoms with Gasteiger partial charge in [-0.2, -0.15) is 4.98 Å². The lowest BCUT2D eigenvalue weighted by Crippen LogP contribution is -1.94. The van der Waals surface area contributed by atoms with E-state index in [9.17, 15) is 0 Å². The molecule has 0 aliphatic heterocycles. The van der Waals surface area contributed by atoms with Gasteiger partial charge < -0.3 is 9.30 Å². The van der Waals surface area contributed by atoms with Crippen molar-refractivity contribution in [2.45, 2.75) is 0 Å². The fourth-order valence-corrected chi connectivity index (χ4v) is 1.43. The summed E-state index contributed by atoms with van der Waals surface area (Å²) in [6, 6.07) is 0. The molecule has 13 heavy (non-hydrogen) atoms. The Kier molecular flexibility index (Phi) is 1.91. The SMILES string of the molecule is COc1nc(Br)nc2c1ncn2C. The van der Waals surface area contributed by atoms with Crippen LogP contribution in [-0.4, -0.2) is 26.6 Å².